The Labute approximate surface area is 125 Å². The smallest absolute Gasteiger partial charge is 0.309 e. The maximum absolute atomic E-state index is 12.3. The van der Waals surface area contributed by atoms with E-state index < -0.39 is 0 Å². The monoisotopic (exact) mass is 296 g/mol. The van der Waals surface area contributed by atoms with Crippen LogP contribution in [0.4, 0.5) is 0 Å². The van der Waals surface area contributed by atoms with Gasteiger partial charge in [-0.1, -0.05) is 13.5 Å². The lowest BCUT2D eigenvalue weighted by atomic mass is 9.78. The number of hydrogen-bond donors (Lipinski definition) is 0. The van der Waals surface area contributed by atoms with Gasteiger partial charge in [0.25, 0.3) is 0 Å². The van der Waals surface area contributed by atoms with E-state index in [0.29, 0.717) is 25.4 Å². The summed E-state index contributed by atoms with van der Waals surface area (Å²) in [7, 11) is 0. The molecule has 0 spiro atoms. The van der Waals surface area contributed by atoms with Crippen LogP contribution in [-0.2, 0) is 23.7 Å². The van der Waals surface area contributed by atoms with Crippen molar-refractivity contribution in [1.82, 2.24) is 0 Å². The van der Waals surface area contributed by atoms with Gasteiger partial charge in [0.1, 0.15) is 12.7 Å². The quantitative estimate of drug-likeness (QED) is 0.409. The molecule has 0 aromatic carbocycles. The fourth-order valence-corrected chi connectivity index (χ4v) is 2.91. The van der Waals surface area contributed by atoms with E-state index in [1.807, 2.05) is 6.92 Å². The average Bonchev–Trinajstić information content (AvgIpc) is 3.36. The first kappa shape index (κ1) is 14.9. The number of carbonyl (C=O) groups excluding carboxylic acids is 1. The third-order valence-electron chi connectivity index (χ3n) is 4.60. The van der Waals surface area contributed by atoms with E-state index in [0.717, 1.165) is 12.8 Å². The first-order valence-corrected chi connectivity index (χ1v) is 7.87. The Morgan fingerprint density at radius 3 is 2.62 bits per heavy atom. The van der Waals surface area contributed by atoms with Crippen molar-refractivity contribution in [2.24, 2.45) is 11.8 Å². The lowest BCUT2D eigenvalue weighted by Crippen LogP contribution is -2.34. The molecule has 3 aliphatic rings. The molecule has 3 rings (SSSR count). The summed E-state index contributed by atoms with van der Waals surface area (Å²) in [6.45, 7) is 9.19. The summed E-state index contributed by atoms with van der Waals surface area (Å²) in [5.74, 6) is 0.320. The zero-order valence-electron chi connectivity index (χ0n) is 12.7. The summed E-state index contributed by atoms with van der Waals surface area (Å²) in [6, 6.07) is 0. The van der Waals surface area contributed by atoms with Gasteiger partial charge < -0.3 is 18.9 Å². The number of carbonyl (C=O) groups is 1. The van der Waals surface area contributed by atoms with E-state index >= 15 is 0 Å². The summed E-state index contributed by atoms with van der Waals surface area (Å²) >= 11 is 0. The van der Waals surface area contributed by atoms with E-state index in [1.54, 1.807) is 0 Å². The van der Waals surface area contributed by atoms with E-state index in [1.165, 1.54) is 0 Å². The predicted molar refractivity (Wildman–Crippen MR) is 75.6 cm³/mol. The minimum Gasteiger partial charge on any atom is -0.495 e. The zero-order valence-corrected chi connectivity index (χ0v) is 12.7. The molecule has 0 bridgehead atoms. The molecule has 0 radical (unpaired) electrons. The third kappa shape index (κ3) is 3.58. The van der Waals surface area contributed by atoms with Gasteiger partial charge in [-0.3, -0.25) is 4.79 Å². The minimum atomic E-state index is -0.205. The van der Waals surface area contributed by atoms with Crippen LogP contribution >= 0.6 is 0 Å². The fourth-order valence-electron chi connectivity index (χ4n) is 2.91. The van der Waals surface area contributed by atoms with Crippen molar-refractivity contribution in [2.45, 2.75) is 57.5 Å². The maximum Gasteiger partial charge on any atom is 0.309 e. The number of epoxide rings is 2. The van der Waals surface area contributed by atoms with Crippen LogP contribution in [-0.4, -0.2) is 43.6 Å². The molecule has 0 aromatic rings. The Morgan fingerprint density at radius 1 is 1.33 bits per heavy atom. The van der Waals surface area contributed by atoms with Crippen molar-refractivity contribution in [1.29, 1.82) is 0 Å². The lowest BCUT2D eigenvalue weighted by Gasteiger charge is -2.30. The fraction of sp³-hybridized carbons (Fsp3) is 0.812. The molecule has 5 nitrogen and oxygen atoms in total. The van der Waals surface area contributed by atoms with Gasteiger partial charge in [-0.15, -0.1) is 0 Å². The highest BCUT2D eigenvalue weighted by molar-refractivity contribution is 5.73. The molecule has 1 saturated carbocycles. The Morgan fingerprint density at radius 2 is 2.00 bits per heavy atom. The van der Waals surface area contributed by atoms with Crippen molar-refractivity contribution in [3.8, 4) is 0 Å². The van der Waals surface area contributed by atoms with Gasteiger partial charge in [0, 0.05) is 5.92 Å². The molecule has 0 aromatic heterocycles. The van der Waals surface area contributed by atoms with E-state index in [9.17, 15) is 4.79 Å². The molecule has 6 unspecified atom stereocenters. The van der Waals surface area contributed by atoms with Crippen LogP contribution in [0.15, 0.2) is 12.3 Å². The van der Waals surface area contributed by atoms with Gasteiger partial charge in [0.2, 0.25) is 0 Å². The van der Waals surface area contributed by atoms with Crippen LogP contribution in [0.2, 0.25) is 0 Å². The number of rotatable bonds is 7. The summed E-state index contributed by atoms with van der Waals surface area (Å²) in [4.78, 5) is 12.3. The Kier molecular flexibility index (Phi) is 4.22. The number of ether oxygens (including phenoxy) is 4. The third-order valence-corrected chi connectivity index (χ3v) is 4.60. The molecular weight excluding hydrogens is 272 g/mol. The molecule has 2 saturated heterocycles. The molecule has 1 aliphatic carbocycles. The second-order valence-corrected chi connectivity index (χ2v) is 6.29. The standard InChI is InChI=1S/C16H24O5/c1-4-9(2)20-10(3)12-5-14-15(21-14)6-13(12)16(17)19-8-11-7-18-11/h9,11-15H,3-8H2,1-2H3. The molecule has 21 heavy (non-hydrogen) atoms. The van der Waals surface area contributed by atoms with Crippen LogP contribution in [0.5, 0.6) is 0 Å². The van der Waals surface area contributed by atoms with Crippen molar-refractivity contribution in [3.05, 3.63) is 12.3 Å². The first-order valence-electron chi connectivity index (χ1n) is 7.87. The average molecular weight is 296 g/mol. The molecule has 0 N–H and O–H groups in total. The normalized spacial score (nSPS) is 38.1. The lowest BCUT2D eigenvalue weighted by molar-refractivity contribution is -0.152. The topological polar surface area (TPSA) is 60.6 Å². The van der Waals surface area contributed by atoms with Gasteiger partial charge in [0.15, 0.2) is 0 Å². The molecule has 5 heteroatoms. The van der Waals surface area contributed by atoms with Crippen LogP contribution in [0.25, 0.3) is 0 Å². The van der Waals surface area contributed by atoms with E-state index in [4.69, 9.17) is 18.9 Å². The molecule has 2 heterocycles. The van der Waals surface area contributed by atoms with Crippen LogP contribution in [0, 0.1) is 11.8 Å². The molecule has 118 valence electrons. The van der Waals surface area contributed by atoms with Gasteiger partial charge in [0.05, 0.1) is 36.6 Å². The van der Waals surface area contributed by atoms with E-state index in [-0.39, 0.29) is 42.2 Å². The molecule has 0 amide bonds. The van der Waals surface area contributed by atoms with Crippen molar-refractivity contribution >= 4 is 5.97 Å². The molecule has 2 aliphatic heterocycles. The van der Waals surface area contributed by atoms with Gasteiger partial charge in [-0.05, 0) is 26.2 Å². The molecular formula is C16H24O5. The summed E-state index contributed by atoms with van der Waals surface area (Å²) in [6.07, 6.45) is 3.13. The largest absolute Gasteiger partial charge is 0.495 e. The van der Waals surface area contributed by atoms with Crippen molar-refractivity contribution in [3.63, 3.8) is 0 Å². The number of allylic oxidation sites excluding steroid dienone is 1. The van der Waals surface area contributed by atoms with E-state index in [2.05, 4.69) is 13.5 Å². The number of hydrogen-bond acceptors (Lipinski definition) is 5. The summed E-state index contributed by atoms with van der Waals surface area (Å²) in [5.41, 5.74) is 0. The molecule has 3 fully saturated rings. The SMILES string of the molecule is C=C(OC(C)CC)C1CC2OC2CC1C(=O)OCC1CO1. The predicted octanol–water partition coefficient (Wildman–Crippen LogP) is 2.05. The van der Waals surface area contributed by atoms with Crippen LogP contribution in [0.1, 0.15) is 33.1 Å². The Bertz CT molecular complexity index is 417. The summed E-state index contributed by atoms with van der Waals surface area (Å²) < 4.78 is 21.9. The second kappa shape index (κ2) is 5.97. The van der Waals surface area contributed by atoms with Crippen molar-refractivity contribution in [2.75, 3.05) is 13.2 Å². The number of esters is 1. The summed E-state index contributed by atoms with van der Waals surface area (Å²) in [5, 5.41) is 0. The van der Waals surface area contributed by atoms with Crippen molar-refractivity contribution < 1.29 is 23.7 Å². The van der Waals surface area contributed by atoms with Gasteiger partial charge in [-0.25, -0.2) is 0 Å². The zero-order chi connectivity index (χ0) is 15.0. The Balaban J connectivity index is 1.60. The van der Waals surface area contributed by atoms with Gasteiger partial charge in [-0.2, -0.15) is 0 Å². The Hall–Kier alpha value is -1.07. The molecule has 6 atom stereocenters. The highest BCUT2D eigenvalue weighted by Crippen LogP contribution is 2.46. The highest BCUT2D eigenvalue weighted by Gasteiger charge is 2.52. The second-order valence-electron chi connectivity index (χ2n) is 6.29. The van der Waals surface area contributed by atoms with Crippen LogP contribution < -0.4 is 0 Å². The van der Waals surface area contributed by atoms with Gasteiger partial charge >= 0.3 is 5.97 Å². The maximum atomic E-state index is 12.3. The number of fused-ring (bicyclic) bond motifs is 1. The first-order chi connectivity index (χ1) is 10.1. The highest BCUT2D eigenvalue weighted by atomic mass is 16.6. The minimum absolute atomic E-state index is 0.00429. The van der Waals surface area contributed by atoms with Crippen LogP contribution in [0.3, 0.4) is 0 Å².